The molecule has 0 aliphatic carbocycles. The maximum absolute atomic E-state index is 5.63. The molecule has 5 nitrogen and oxygen atoms in total. The van der Waals surface area contributed by atoms with E-state index in [0.29, 0.717) is 17.3 Å². The highest BCUT2D eigenvalue weighted by atomic mass is 35.5. The molecule has 0 aliphatic heterocycles. The number of anilines is 2. The van der Waals surface area contributed by atoms with E-state index in [-0.39, 0.29) is 12.4 Å². The lowest BCUT2D eigenvalue weighted by atomic mass is 10.3. The Bertz CT molecular complexity index is 330. The van der Waals surface area contributed by atoms with Gasteiger partial charge in [0.05, 0.1) is 11.9 Å². The van der Waals surface area contributed by atoms with Crippen molar-refractivity contribution in [2.24, 2.45) is 0 Å². The van der Waals surface area contributed by atoms with E-state index in [0.717, 1.165) is 0 Å². The van der Waals surface area contributed by atoms with Gasteiger partial charge in [-0.1, -0.05) is 0 Å². The Morgan fingerprint density at radius 2 is 2.00 bits per heavy atom. The SMILES string of the molecule is CNC(C)(C)Oc1cc(N)cnc1N.Cl. The molecule has 1 heterocycles. The molecule has 1 aromatic heterocycles. The predicted octanol–water partition coefficient (Wildman–Crippen LogP) is 1.00. The molecular weight excluding hydrogens is 216 g/mol. The van der Waals surface area contributed by atoms with Crippen molar-refractivity contribution in [3.8, 4) is 5.75 Å². The van der Waals surface area contributed by atoms with Crippen LogP contribution >= 0.6 is 12.4 Å². The number of halogens is 1. The Morgan fingerprint density at radius 1 is 1.40 bits per heavy atom. The first-order valence-electron chi connectivity index (χ1n) is 4.33. The standard InChI is InChI=1S/C9H16N4O.ClH/c1-9(2,12-3)14-7-4-6(10)5-13-8(7)11;/h4-5,12H,10H2,1-3H3,(H2,11,13);1H. The smallest absolute Gasteiger partial charge is 0.166 e. The van der Waals surface area contributed by atoms with E-state index in [9.17, 15) is 0 Å². The van der Waals surface area contributed by atoms with E-state index in [2.05, 4.69) is 10.3 Å². The van der Waals surface area contributed by atoms with Gasteiger partial charge in [-0.25, -0.2) is 4.98 Å². The predicted molar refractivity (Wildman–Crippen MR) is 64.1 cm³/mol. The Kier molecular flexibility index (Phi) is 4.64. The summed E-state index contributed by atoms with van der Waals surface area (Å²) < 4.78 is 5.58. The van der Waals surface area contributed by atoms with Gasteiger partial charge < -0.3 is 16.2 Å². The summed E-state index contributed by atoms with van der Waals surface area (Å²) in [5.74, 6) is 0.826. The van der Waals surface area contributed by atoms with Gasteiger partial charge in [0.2, 0.25) is 0 Å². The number of nitrogen functional groups attached to an aromatic ring is 2. The van der Waals surface area contributed by atoms with Crippen molar-refractivity contribution in [2.75, 3.05) is 18.5 Å². The van der Waals surface area contributed by atoms with Gasteiger partial charge in [0.15, 0.2) is 17.3 Å². The molecule has 0 saturated heterocycles. The summed E-state index contributed by atoms with van der Waals surface area (Å²) in [5, 5.41) is 2.99. The quantitative estimate of drug-likeness (QED) is 0.677. The van der Waals surface area contributed by atoms with E-state index in [1.165, 1.54) is 6.20 Å². The molecule has 0 spiro atoms. The van der Waals surface area contributed by atoms with Gasteiger partial charge in [0.25, 0.3) is 0 Å². The van der Waals surface area contributed by atoms with E-state index < -0.39 is 5.72 Å². The zero-order valence-corrected chi connectivity index (χ0v) is 9.89. The highest BCUT2D eigenvalue weighted by Gasteiger charge is 2.18. The number of ether oxygens (including phenoxy) is 1. The molecule has 0 aromatic carbocycles. The molecule has 15 heavy (non-hydrogen) atoms. The fourth-order valence-corrected chi connectivity index (χ4v) is 0.878. The van der Waals surface area contributed by atoms with E-state index in [4.69, 9.17) is 16.2 Å². The van der Waals surface area contributed by atoms with E-state index in [1.54, 1.807) is 13.1 Å². The van der Waals surface area contributed by atoms with Crippen molar-refractivity contribution in [3.63, 3.8) is 0 Å². The maximum Gasteiger partial charge on any atom is 0.166 e. The molecule has 5 N–H and O–H groups in total. The van der Waals surface area contributed by atoms with Gasteiger partial charge >= 0.3 is 0 Å². The van der Waals surface area contributed by atoms with Crippen molar-refractivity contribution in [3.05, 3.63) is 12.3 Å². The molecule has 0 saturated carbocycles. The average molecular weight is 233 g/mol. The van der Waals surface area contributed by atoms with Crippen LogP contribution in [0.1, 0.15) is 13.8 Å². The molecule has 0 amide bonds. The first kappa shape index (κ1) is 13.8. The van der Waals surface area contributed by atoms with Crippen LogP contribution in [0, 0.1) is 0 Å². The lowest BCUT2D eigenvalue weighted by Crippen LogP contribution is -2.42. The summed E-state index contributed by atoms with van der Waals surface area (Å²) in [5.41, 5.74) is 11.2. The summed E-state index contributed by atoms with van der Waals surface area (Å²) in [4.78, 5) is 3.90. The molecule has 0 atom stereocenters. The van der Waals surface area contributed by atoms with Crippen LogP contribution in [0.5, 0.6) is 5.75 Å². The number of hydrogen-bond acceptors (Lipinski definition) is 5. The van der Waals surface area contributed by atoms with Crippen LogP contribution in [-0.4, -0.2) is 17.8 Å². The largest absolute Gasteiger partial charge is 0.469 e. The summed E-state index contributed by atoms with van der Waals surface area (Å²) >= 11 is 0. The Balaban J connectivity index is 0.00000196. The third kappa shape index (κ3) is 3.81. The molecule has 0 unspecified atom stereocenters. The monoisotopic (exact) mass is 232 g/mol. The van der Waals surface area contributed by atoms with E-state index >= 15 is 0 Å². The first-order chi connectivity index (χ1) is 6.44. The summed E-state index contributed by atoms with van der Waals surface area (Å²) in [7, 11) is 1.80. The van der Waals surface area contributed by atoms with Gasteiger partial charge in [-0.05, 0) is 20.9 Å². The molecule has 1 aromatic rings. The highest BCUT2D eigenvalue weighted by molar-refractivity contribution is 5.85. The number of hydrogen-bond donors (Lipinski definition) is 3. The summed E-state index contributed by atoms with van der Waals surface area (Å²) in [6.45, 7) is 3.77. The number of nitrogens with zero attached hydrogens (tertiary/aromatic N) is 1. The van der Waals surface area contributed by atoms with Gasteiger partial charge in [-0.15, -0.1) is 12.4 Å². The number of rotatable bonds is 3. The van der Waals surface area contributed by atoms with Gasteiger partial charge in [0.1, 0.15) is 0 Å². The van der Waals surface area contributed by atoms with Crippen molar-refractivity contribution in [2.45, 2.75) is 19.6 Å². The minimum Gasteiger partial charge on any atom is -0.469 e. The summed E-state index contributed by atoms with van der Waals surface area (Å²) in [6.07, 6.45) is 1.49. The van der Waals surface area contributed by atoms with Crippen molar-refractivity contribution >= 4 is 23.9 Å². The topological polar surface area (TPSA) is 86.2 Å². The van der Waals surface area contributed by atoms with Crippen LogP contribution in [-0.2, 0) is 0 Å². The average Bonchev–Trinajstić information content (AvgIpc) is 2.11. The lowest BCUT2D eigenvalue weighted by molar-refractivity contribution is 0.0811. The van der Waals surface area contributed by atoms with Gasteiger partial charge in [-0.3, -0.25) is 5.32 Å². The van der Waals surface area contributed by atoms with Crippen LogP contribution in [0.2, 0.25) is 0 Å². The van der Waals surface area contributed by atoms with Crippen molar-refractivity contribution in [1.29, 1.82) is 0 Å². The van der Waals surface area contributed by atoms with Gasteiger partial charge in [0, 0.05) is 6.07 Å². The number of pyridine rings is 1. The number of aromatic nitrogens is 1. The maximum atomic E-state index is 5.63. The summed E-state index contributed by atoms with van der Waals surface area (Å²) in [6, 6.07) is 1.65. The van der Waals surface area contributed by atoms with Gasteiger partial charge in [-0.2, -0.15) is 0 Å². The molecule has 86 valence electrons. The molecule has 6 heteroatoms. The Morgan fingerprint density at radius 3 is 2.53 bits per heavy atom. The van der Waals surface area contributed by atoms with Crippen LogP contribution in [0.3, 0.4) is 0 Å². The third-order valence-electron chi connectivity index (χ3n) is 1.87. The van der Waals surface area contributed by atoms with Crippen LogP contribution in [0.25, 0.3) is 0 Å². The second-order valence-electron chi connectivity index (χ2n) is 3.51. The fourth-order valence-electron chi connectivity index (χ4n) is 0.878. The molecule has 1 rings (SSSR count). The second kappa shape index (κ2) is 5.04. The van der Waals surface area contributed by atoms with Crippen molar-refractivity contribution < 1.29 is 4.74 Å². The highest BCUT2D eigenvalue weighted by Crippen LogP contribution is 2.24. The fraction of sp³-hybridized carbons (Fsp3) is 0.444. The number of nitrogens with two attached hydrogens (primary N) is 2. The van der Waals surface area contributed by atoms with E-state index in [1.807, 2.05) is 13.8 Å². The molecule has 0 fully saturated rings. The molecule has 0 bridgehead atoms. The second-order valence-corrected chi connectivity index (χ2v) is 3.51. The Hall–Kier alpha value is -1.20. The van der Waals surface area contributed by atoms with Crippen LogP contribution in [0.4, 0.5) is 11.5 Å². The zero-order chi connectivity index (χ0) is 10.8. The third-order valence-corrected chi connectivity index (χ3v) is 1.87. The number of nitrogens with one attached hydrogen (secondary N) is 1. The van der Waals surface area contributed by atoms with Crippen molar-refractivity contribution in [1.82, 2.24) is 10.3 Å². The molecule has 0 radical (unpaired) electrons. The minimum absolute atomic E-state index is 0. The van der Waals surface area contributed by atoms with Crippen LogP contribution < -0.4 is 21.5 Å². The molecule has 0 aliphatic rings. The zero-order valence-electron chi connectivity index (χ0n) is 9.07. The lowest BCUT2D eigenvalue weighted by Gasteiger charge is -2.26. The molecular formula is C9H17ClN4O. The normalized spacial score (nSPS) is 10.6. The van der Waals surface area contributed by atoms with Crippen LogP contribution in [0.15, 0.2) is 12.3 Å². The minimum atomic E-state index is -0.496. The first-order valence-corrected chi connectivity index (χ1v) is 4.33. The Labute approximate surface area is 95.6 Å².